The number of ether oxygens (including phenoxy) is 1. The molecule has 2 aromatic heterocycles. The Hall–Kier alpha value is -2.45. The normalized spacial score (nSPS) is 11.5. The molecule has 0 aliphatic carbocycles. The minimum atomic E-state index is -4.60. The van der Waals surface area contributed by atoms with Crippen molar-refractivity contribution in [1.29, 1.82) is 0 Å². The Morgan fingerprint density at radius 3 is 2.48 bits per heavy atom. The average Bonchev–Trinajstić information content (AvgIpc) is 2.80. The van der Waals surface area contributed by atoms with Crippen LogP contribution in [-0.2, 0) is 10.9 Å². The lowest BCUT2D eigenvalue weighted by Crippen LogP contribution is -2.11. The molecule has 0 radical (unpaired) electrons. The fourth-order valence-corrected chi connectivity index (χ4v) is 1.59. The largest absolute Gasteiger partial charge is 0.462 e. The van der Waals surface area contributed by atoms with Gasteiger partial charge in [0, 0.05) is 6.20 Å². The minimum absolute atomic E-state index is 0.210. The second-order valence-electron chi connectivity index (χ2n) is 4.06. The van der Waals surface area contributed by atoms with Gasteiger partial charge in [-0.1, -0.05) is 0 Å². The predicted molar refractivity (Wildman–Crippen MR) is 64.8 cm³/mol. The van der Waals surface area contributed by atoms with Gasteiger partial charge in [0.15, 0.2) is 0 Å². The average molecular weight is 300 g/mol. The van der Waals surface area contributed by atoms with Crippen LogP contribution < -0.4 is 0 Å². The fourth-order valence-electron chi connectivity index (χ4n) is 1.59. The van der Waals surface area contributed by atoms with Crippen LogP contribution in [0.25, 0.3) is 5.69 Å². The Morgan fingerprint density at radius 1 is 1.33 bits per heavy atom. The van der Waals surface area contributed by atoms with E-state index in [4.69, 9.17) is 4.74 Å². The van der Waals surface area contributed by atoms with E-state index in [0.29, 0.717) is 5.69 Å². The van der Waals surface area contributed by atoms with Crippen molar-refractivity contribution < 1.29 is 22.7 Å². The third-order valence-corrected chi connectivity index (χ3v) is 2.55. The van der Waals surface area contributed by atoms with Gasteiger partial charge in [0.1, 0.15) is 11.3 Å². The number of carbonyl (C=O) groups excluding carboxylic acids is 1. The number of aryl methyl sites for hydroxylation is 1. The van der Waals surface area contributed by atoms with Gasteiger partial charge in [-0.15, -0.1) is 0 Å². The zero-order valence-corrected chi connectivity index (χ0v) is 11.2. The van der Waals surface area contributed by atoms with Crippen LogP contribution in [0, 0.1) is 6.92 Å². The smallest absolute Gasteiger partial charge is 0.451 e. The van der Waals surface area contributed by atoms with E-state index in [1.54, 1.807) is 13.8 Å². The molecule has 0 atom stereocenters. The molecule has 2 aromatic rings. The van der Waals surface area contributed by atoms with Crippen molar-refractivity contribution in [2.24, 2.45) is 0 Å². The van der Waals surface area contributed by atoms with Gasteiger partial charge in [-0.2, -0.15) is 18.3 Å². The summed E-state index contributed by atoms with van der Waals surface area (Å²) in [5.41, 5.74) is 0.840. The first-order valence-corrected chi connectivity index (χ1v) is 5.96. The Balaban J connectivity index is 2.31. The molecule has 9 heteroatoms. The number of hydrogen-bond acceptors (Lipinski definition) is 5. The number of alkyl halides is 3. The van der Waals surface area contributed by atoms with Crippen molar-refractivity contribution in [3.8, 4) is 5.69 Å². The Labute approximate surface area is 117 Å². The molecule has 21 heavy (non-hydrogen) atoms. The third-order valence-electron chi connectivity index (χ3n) is 2.55. The summed E-state index contributed by atoms with van der Waals surface area (Å²) in [6.45, 7) is 3.47. The minimum Gasteiger partial charge on any atom is -0.462 e. The second kappa shape index (κ2) is 5.51. The van der Waals surface area contributed by atoms with E-state index in [2.05, 4.69) is 15.1 Å². The highest BCUT2D eigenvalue weighted by molar-refractivity contribution is 5.90. The van der Waals surface area contributed by atoms with Crippen LogP contribution in [0.2, 0.25) is 0 Å². The molecule has 0 aliphatic heterocycles. The van der Waals surface area contributed by atoms with Crippen LogP contribution in [-0.4, -0.2) is 32.3 Å². The first-order valence-electron chi connectivity index (χ1n) is 5.96. The topological polar surface area (TPSA) is 69.9 Å². The molecular formula is C12H11F3N4O2. The maximum atomic E-state index is 12.4. The third kappa shape index (κ3) is 3.18. The van der Waals surface area contributed by atoms with Gasteiger partial charge in [-0.25, -0.2) is 19.4 Å². The number of nitrogens with zero attached hydrogens (tertiary/aromatic N) is 4. The number of esters is 1. The molecule has 6 nitrogen and oxygen atoms in total. The van der Waals surface area contributed by atoms with Gasteiger partial charge in [-0.3, -0.25) is 0 Å². The molecule has 0 amide bonds. The zero-order valence-electron chi connectivity index (χ0n) is 11.2. The molecule has 0 spiro atoms. The standard InChI is InChI=1S/C12H11F3N4O2/c1-3-21-10(20)9-6-19(18-7(9)2)8-4-16-11(17-5-8)12(13,14)15/h4-6H,3H2,1-2H3. The zero-order chi connectivity index (χ0) is 15.6. The van der Waals surface area contributed by atoms with E-state index in [0.717, 1.165) is 12.4 Å². The quantitative estimate of drug-likeness (QED) is 0.812. The highest BCUT2D eigenvalue weighted by Gasteiger charge is 2.34. The van der Waals surface area contributed by atoms with Crippen LogP contribution in [0.4, 0.5) is 13.2 Å². The molecule has 0 bridgehead atoms. The molecule has 0 aromatic carbocycles. The van der Waals surface area contributed by atoms with E-state index < -0.39 is 18.0 Å². The number of hydrogen-bond donors (Lipinski definition) is 0. The van der Waals surface area contributed by atoms with Crippen molar-refractivity contribution in [1.82, 2.24) is 19.7 Å². The maximum absolute atomic E-state index is 12.4. The number of rotatable bonds is 3. The first-order chi connectivity index (χ1) is 9.82. The summed E-state index contributed by atoms with van der Waals surface area (Å²) >= 11 is 0. The van der Waals surface area contributed by atoms with Crippen molar-refractivity contribution in [3.63, 3.8) is 0 Å². The Morgan fingerprint density at radius 2 is 1.95 bits per heavy atom. The van der Waals surface area contributed by atoms with Gasteiger partial charge in [0.25, 0.3) is 0 Å². The number of aromatic nitrogens is 4. The van der Waals surface area contributed by atoms with Crippen molar-refractivity contribution in [3.05, 3.63) is 35.7 Å². The van der Waals surface area contributed by atoms with E-state index in [9.17, 15) is 18.0 Å². The monoisotopic (exact) mass is 300 g/mol. The molecule has 0 aliphatic rings. The van der Waals surface area contributed by atoms with Crippen molar-refractivity contribution in [2.75, 3.05) is 6.61 Å². The van der Waals surface area contributed by atoms with Gasteiger partial charge < -0.3 is 4.74 Å². The highest BCUT2D eigenvalue weighted by Crippen LogP contribution is 2.25. The molecule has 0 unspecified atom stereocenters. The Kier molecular flexibility index (Phi) is 3.92. The molecule has 0 saturated heterocycles. The molecule has 2 heterocycles. The Bertz CT molecular complexity index is 650. The lowest BCUT2D eigenvalue weighted by molar-refractivity contribution is -0.145. The van der Waals surface area contributed by atoms with Crippen molar-refractivity contribution in [2.45, 2.75) is 20.0 Å². The van der Waals surface area contributed by atoms with Gasteiger partial charge in [-0.05, 0) is 13.8 Å². The summed E-state index contributed by atoms with van der Waals surface area (Å²) in [5, 5.41) is 4.03. The first kappa shape index (κ1) is 14.9. The number of halogens is 3. The summed E-state index contributed by atoms with van der Waals surface area (Å²) < 4.78 is 43.2. The van der Waals surface area contributed by atoms with Gasteiger partial charge in [0.05, 0.1) is 24.7 Å². The summed E-state index contributed by atoms with van der Waals surface area (Å²) in [4.78, 5) is 18.1. The summed E-state index contributed by atoms with van der Waals surface area (Å²) in [7, 11) is 0. The summed E-state index contributed by atoms with van der Waals surface area (Å²) in [5.74, 6) is -1.78. The molecule has 0 saturated carbocycles. The van der Waals surface area contributed by atoms with Crippen LogP contribution >= 0.6 is 0 Å². The summed E-state index contributed by atoms with van der Waals surface area (Å²) in [6, 6.07) is 0. The molecule has 0 fully saturated rings. The predicted octanol–water partition coefficient (Wildman–Crippen LogP) is 2.17. The van der Waals surface area contributed by atoms with Crippen molar-refractivity contribution >= 4 is 5.97 Å². The van der Waals surface area contributed by atoms with Crippen LogP contribution in [0.3, 0.4) is 0 Å². The molecular weight excluding hydrogens is 289 g/mol. The van der Waals surface area contributed by atoms with Gasteiger partial charge >= 0.3 is 12.1 Å². The van der Waals surface area contributed by atoms with E-state index >= 15 is 0 Å². The molecule has 2 rings (SSSR count). The second-order valence-corrected chi connectivity index (χ2v) is 4.06. The van der Waals surface area contributed by atoms with E-state index in [1.807, 2.05) is 0 Å². The molecule has 0 N–H and O–H groups in total. The van der Waals surface area contributed by atoms with Crippen LogP contribution in [0.15, 0.2) is 18.6 Å². The van der Waals surface area contributed by atoms with E-state index in [-0.39, 0.29) is 17.9 Å². The summed E-state index contributed by atoms with van der Waals surface area (Å²) in [6.07, 6.45) is -1.28. The van der Waals surface area contributed by atoms with Gasteiger partial charge in [0.2, 0.25) is 5.82 Å². The molecule has 112 valence electrons. The lowest BCUT2D eigenvalue weighted by atomic mass is 10.3. The van der Waals surface area contributed by atoms with E-state index in [1.165, 1.54) is 10.9 Å². The lowest BCUT2D eigenvalue weighted by Gasteiger charge is -2.05. The number of carbonyl (C=O) groups is 1. The highest BCUT2D eigenvalue weighted by atomic mass is 19.4. The van der Waals surface area contributed by atoms with Crippen LogP contribution in [0.5, 0.6) is 0 Å². The fraction of sp³-hybridized carbons (Fsp3) is 0.333. The SMILES string of the molecule is CCOC(=O)c1cn(-c2cnc(C(F)(F)F)nc2)nc1C. The maximum Gasteiger partial charge on any atom is 0.451 e. The van der Waals surface area contributed by atoms with Crippen LogP contribution in [0.1, 0.15) is 28.8 Å².